The molecular weight excluding hydrogens is 280 g/mol. The van der Waals surface area contributed by atoms with Crippen LogP contribution in [0.3, 0.4) is 0 Å². The van der Waals surface area contributed by atoms with E-state index in [0.717, 1.165) is 30.7 Å². The van der Waals surface area contributed by atoms with Gasteiger partial charge in [0.15, 0.2) is 0 Å². The minimum absolute atomic E-state index is 0.412. The molecule has 21 heavy (non-hydrogen) atoms. The van der Waals surface area contributed by atoms with Gasteiger partial charge in [0.2, 0.25) is 11.8 Å². The highest BCUT2D eigenvalue weighted by atomic mass is 16.4. The first-order valence-electron chi connectivity index (χ1n) is 6.29. The van der Waals surface area contributed by atoms with Gasteiger partial charge >= 0.3 is 11.9 Å². The van der Waals surface area contributed by atoms with Crippen LogP contribution in [0.25, 0.3) is 0 Å². The van der Waals surface area contributed by atoms with Crippen LogP contribution in [0.2, 0.25) is 0 Å². The van der Waals surface area contributed by atoms with Crippen molar-refractivity contribution >= 4 is 23.8 Å². The topological polar surface area (TPSA) is 133 Å². The second-order valence-corrected chi connectivity index (χ2v) is 3.99. The number of hydrogen-bond acceptors (Lipinski definition) is 4. The lowest BCUT2D eigenvalue weighted by Crippen LogP contribution is -2.24. The summed E-state index contributed by atoms with van der Waals surface area (Å²) in [4.78, 5) is 42.5. The van der Waals surface area contributed by atoms with Gasteiger partial charge < -0.3 is 20.8 Å². The molecule has 0 radical (unpaired) electrons. The molecule has 0 aliphatic carbocycles. The van der Waals surface area contributed by atoms with E-state index in [1.807, 2.05) is 0 Å². The number of amides is 2. The van der Waals surface area contributed by atoms with Crippen molar-refractivity contribution in [3.63, 3.8) is 0 Å². The number of hydrogen-bond donors (Lipinski definition) is 4. The molecule has 8 nitrogen and oxygen atoms in total. The maximum atomic E-state index is 11.1. The summed E-state index contributed by atoms with van der Waals surface area (Å²) in [7, 11) is 0. The van der Waals surface area contributed by atoms with E-state index in [9.17, 15) is 19.2 Å². The van der Waals surface area contributed by atoms with E-state index in [1.165, 1.54) is 0 Å². The maximum Gasteiger partial charge on any atom is 0.328 e. The summed E-state index contributed by atoms with van der Waals surface area (Å²) in [5, 5.41) is 21.6. The molecule has 8 heteroatoms. The molecule has 2 amide bonds. The number of carboxylic acid groups (broad SMARTS) is 2. The third kappa shape index (κ3) is 13.6. The summed E-state index contributed by atoms with van der Waals surface area (Å²) in [6.45, 7) is 0.825. The fraction of sp³-hybridized carbons (Fsp3) is 0.385. The van der Waals surface area contributed by atoms with Crippen molar-refractivity contribution in [3.05, 3.63) is 24.3 Å². The molecule has 0 saturated heterocycles. The van der Waals surface area contributed by atoms with Crippen LogP contribution in [0.15, 0.2) is 24.3 Å². The van der Waals surface area contributed by atoms with Gasteiger partial charge in [0.25, 0.3) is 0 Å². The lowest BCUT2D eigenvalue weighted by molar-refractivity contribution is -0.132. The van der Waals surface area contributed by atoms with Crippen molar-refractivity contribution in [2.75, 3.05) is 13.1 Å². The van der Waals surface area contributed by atoms with Crippen LogP contribution in [-0.4, -0.2) is 47.1 Å². The van der Waals surface area contributed by atoms with Gasteiger partial charge in [0, 0.05) is 37.4 Å². The minimum Gasteiger partial charge on any atom is -0.478 e. The standard InChI is InChI=1S/C13H18N2O6/c16-10(4-6-12(18)19)14-8-2-1-3-9-15-11(17)5-7-13(20)21/h4-7H,1-3,8-9H2,(H,14,16)(H,15,17)(H,18,19)(H,20,21)/b6-4-,7-5-. The Morgan fingerprint density at radius 3 is 1.38 bits per heavy atom. The maximum absolute atomic E-state index is 11.1. The van der Waals surface area contributed by atoms with Crippen molar-refractivity contribution in [1.82, 2.24) is 10.6 Å². The summed E-state index contributed by atoms with van der Waals surface area (Å²) in [5.41, 5.74) is 0. The summed E-state index contributed by atoms with van der Waals surface area (Å²) >= 11 is 0. The van der Waals surface area contributed by atoms with Crippen LogP contribution in [-0.2, 0) is 19.2 Å². The van der Waals surface area contributed by atoms with Crippen molar-refractivity contribution in [2.45, 2.75) is 19.3 Å². The highest BCUT2D eigenvalue weighted by molar-refractivity contribution is 5.94. The Morgan fingerprint density at radius 1 is 0.667 bits per heavy atom. The summed E-state index contributed by atoms with van der Waals surface area (Å²) in [6, 6.07) is 0. The minimum atomic E-state index is -1.18. The van der Waals surface area contributed by atoms with Gasteiger partial charge in [0.05, 0.1) is 0 Å². The van der Waals surface area contributed by atoms with Crippen molar-refractivity contribution in [1.29, 1.82) is 0 Å². The molecule has 0 aliphatic heterocycles. The van der Waals surface area contributed by atoms with Gasteiger partial charge in [-0.3, -0.25) is 9.59 Å². The molecule has 0 rings (SSSR count). The lowest BCUT2D eigenvalue weighted by Gasteiger charge is -2.03. The Balaban J connectivity index is 3.52. The SMILES string of the molecule is O=C(O)/C=C\C(=O)NCCCCCNC(=O)/C=C\C(=O)O. The quantitative estimate of drug-likeness (QED) is 0.322. The Hall–Kier alpha value is -2.64. The molecule has 4 N–H and O–H groups in total. The average molecular weight is 298 g/mol. The monoisotopic (exact) mass is 298 g/mol. The van der Waals surface area contributed by atoms with E-state index < -0.39 is 23.8 Å². The Kier molecular flexibility index (Phi) is 9.80. The molecule has 0 atom stereocenters. The summed E-state index contributed by atoms with van der Waals surface area (Å²) < 4.78 is 0. The number of unbranched alkanes of at least 4 members (excludes halogenated alkanes) is 2. The first kappa shape index (κ1) is 18.4. The fourth-order valence-electron chi connectivity index (χ4n) is 1.26. The van der Waals surface area contributed by atoms with Gasteiger partial charge in [-0.2, -0.15) is 0 Å². The molecule has 0 heterocycles. The predicted octanol–water partition coefficient (Wildman–Crippen LogP) is -0.329. The molecule has 0 fully saturated rings. The Labute approximate surface area is 121 Å². The zero-order valence-corrected chi connectivity index (χ0v) is 11.4. The van der Waals surface area contributed by atoms with E-state index in [-0.39, 0.29) is 0 Å². The molecule has 0 aromatic rings. The number of carboxylic acids is 2. The third-order valence-electron chi connectivity index (χ3n) is 2.21. The van der Waals surface area contributed by atoms with Crippen molar-refractivity contribution in [3.8, 4) is 0 Å². The van der Waals surface area contributed by atoms with Crippen LogP contribution < -0.4 is 10.6 Å². The van der Waals surface area contributed by atoms with Crippen LogP contribution >= 0.6 is 0 Å². The van der Waals surface area contributed by atoms with Gasteiger partial charge in [-0.05, 0) is 19.3 Å². The number of rotatable bonds is 10. The predicted molar refractivity (Wildman–Crippen MR) is 73.4 cm³/mol. The normalized spacial score (nSPS) is 10.7. The van der Waals surface area contributed by atoms with Crippen LogP contribution in [0.1, 0.15) is 19.3 Å². The first-order valence-corrected chi connectivity index (χ1v) is 6.29. The van der Waals surface area contributed by atoms with E-state index in [2.05, 4.69) is 10.6 Å². The van der Waals surface area contributed by atoms with Gasteiger partial charge in [0.1, 0.15) is 0 Å². The number of carbonyl (C=O) groups excluding carboxylic acids is 2. The van der Waals surface area contributed by atoms with Crippen LogP contribution in [0, 0.1) is 0 Å². The number of carbonyl (C=O) groups is 4. The van der Waals surface area contributed by atoms with Crippen molar-refractivity contribution in [2.24, 2.45) is 0 Å². The number of aliphatic carboxylic acids is 2. The van der Waals surface area contributed by atoms with E-state index in [0.29, 0.717) is 25.9 Å². The molecule has 0 aromatic carbocycles. The van der Waals surface area contributed by atoms with Crippen LogP contribution in [0.5, 0.6) is 0 Å². The average Bonchev–Trinajstić information content (AvgIpc) is 2.41. The zero-order chi connectivity index (χ0) is 16.1. The summed E-state index contributed by atoms with van der Waals surface area (Å²) in [6.07, 6.45) is 5.53. The van der Waals surface area contributed by atoms with Crippen molar-refractivity contribution < 1.29 is 29.4 Å². The molecule has 0 aliphatic rings. The molecule has 0 aromatic heterocycles. The third-order valence-corrected chi connectivity index (χ3v) is 2.21. The highest BCUT2D eigenvalue weighted by Gasteiger charge is 1.98. The molecule has 116 valence electrons. The van der Waals surface area contributed by atoms with Gasteiger partial charge in [-0.15, -0.1) is 0 Å². The molecule has 0 spiro atoms. The number of nitrogens with one attached hydrogen (secondary N) is 2. The van der Waals surface area contributed by atoms with Crippen LogP contribution in [0.4, 0.5) is 0 Å². The van der Waals surface area contributed by atoms with Gasteiger partial charge in [-0.1, -0.05) is 0 Å². The zero-order valence-electron chi connectivity index (χ0n) is 11.4. The Morgan fingerprint density at radius 2 is 1.05 bits per heavy atom. The first-order chi connectivity index (χ1) is 9.91. The van der Waals surface area contributed by atoms with E-state index >= 15 is 0 Å². The van der Waals surface area contributed by atoms with Gasteiger partial charge in [-0.25, -0.2) is 9.59 Å². The Bertz CT molecular complexity index is 402. The largest absolute Gasteiger partial charge is 0.478 e. The molecule has 0 unspecified atom stereocenters. The smallest absolute Gasteiger partial charge is 0.328 e. The second kappa shape index (κ2) is 11.2. The lowest BCUT2D eigenvalue weighted by atomic mass is 10.2. The van der Waals surface area contributed by atoms with E-state index in [4.69, 9.17) is 10.2 Å². The summed E-state index contributed by atoms with van der Waals surface area (Å²) in [5.74, 6) is -3.30. The second-order valence-electron chi connectivity index (χ2n) is 3.99. The molecular formula is C13H18N2O6. The fourth-order valence-corrected chi connectivity index (χ4v) is 1.26. The molecule has 0 bridgehead atoms. The highest BCUT2D eigenvalue weighted by Crippen LogP contribution is 1.92. The molecule has 0 saturated carbocycles. The van der Waals surface area contributed by atoms with E-state index in [1.54, 1.807) is 0 Å².